The maximum Gasteiger partial charge on any atom is 0.264 e. The lowest BCUT2D eigenvalue weighted by atomic mass is 10.0. The lowest BCUT2D eigenvalue weighted by molar-refractivity contribution is -0.140. The van der Waals surface area contributed by atoms with Gasteiger partial charge in [-0.1, -0.05) is 103 Å². The van der Waals surface area contributed by atoms with Gasteiger partial charge in [-0.25, -0.2) is 12.8 Å². The van der Waals surface area contributed by atoms with Crippen molar-refractivity contribution in [3.63, 3.8) is 0 Å². The van der Waals surface area contributed by atoms with Gasteiger partial charge in [-0.2, -0.15) is 0 Å². The Hall–Kier alpha value is -4.50. The lowest BCUT2D eigenvalue weighted by Crippen LogP contribution is -2.54. The van der Waals surface area contributed by atoms with E-state index in [0.717, 1.165) is 52.7 Å². The SMILES string of the molecule is Cc1ccc(CN(C(=O)CN(c2ccccc2F)S(=O)(=O)c2ccccc2)[C@@H](Cc2ccccc2)C(=O)NC2CCCC2)cc1. The Morgan fingerprint density at radius 1 is 0.822 bits per heavy atom. The molecule has 45 heavy (non-hydrogen) atoms. The van der Waals surface area contributed by atoms with Crippen LogP contribution in [0.3, 0.4) is 0 Å². The minimum absolute atomic E-state index is 0.0143. The monoisotopic (exact) mass is 627 g/mol. The topological polar surface area (TPSA) is 86.8 Å². The number of halogens is 1. The zero-order chi connectivity index (χ0) is 31.8. The van der Waals surface area contributed by atoms with Crippen LogP contribution in [0.1, 0.15) is 42.4 Å². The number of aryl methyl sites for hydroxylation is 1. The highest BCUT2D eigenvalue weighted by atomic mass is 32.2. The third-order valence-electron chi connectivity index (χ3n) is 8.18. The number of rotatable bonds is 12. The van der Waals surface area contributed by atoms with Crippen molar-refractivity contribution in [2.75, 3.05) is 10.8 Å². The van der Waals surface area contributed by atoms with Crippen LogP contribution >= 0.6 is 0 Å². The molecular formula is C36H38FN3O4S. The minimum atomic E-state index is -4.36. The molecule has 2 amide bonds. The lowest BCUT2D eigenvalue weighted by Gasteiger charge is -2.34. The Kier molecular flexibility index (Phi) is 10.3. The van der Waals surface area contributed by atoms with Crippen molar-refractivity contribution in [1.82, 2.24) is 10.2 Å². The van der Waals surface area contributed by atoms with E-state index >= 15 is 4.39 Å². The first-order valence-corrected chi connectivity index (χ1v) is 16.7. The summed E-state index contributed by atoms with van der Waals surface area (Å²) in [4.78, 5) is 29.9. The standard InChI is InChI=1S/C36H38FN3O4S/c1-27-20-22-29(23-21-27)25-39(34(24-28-12-4-2-5-13-28)36(42)38-30-14-8-9-15-30)35(41)26-40(33-19-11-10-18-32(33)37)45(43,44)31-16-6-3-7-17-31/h2-7,10-13,16-23,30,34H,8-9,14-15,24-26H2,1H3,(H,38,42)/t34-/m0/s1. The molecule has 0 spiro atoms. The van der Waals surface area contributed by atoms with Crippen molar-refractivity contribution < 1.29 is 22.4 Å². The molecule has 0 bridgehead atoms. The van der Waals surface area contributed by atoms with Crippen LogP contribution in [-0.2, 0) is 32.6 Å². The van der Waals surface area contributed by atoms with Gasteiger partial charge in [0.05, 0.1) is 10.6 Å². The van der Waals surface area contributed by atoms with Gasteiger partial charge in [-0.05, 0) is 55.2 Å². The first-order chi connectivity index (χ1) is 21.7. The summed E-state index contributed by atoms with van der Waals surface area (Å²) >= 11 is 0. The summed E-state index contributed by atoms with van der Waals surface area (Å²) in [6.45, 7) is 1.32. The molecular weight excluding hydrogens is 589 g/mol. The number of anilines is 1. The van der Waals surface area contributed by atoms with Crippen molar-refractivity contribution >= 4 is 27.5 Å². The molecule has 5 rings (SSSR count). The molecule has 1 N–H and O–H groups in total. The van der Waals surface area contributed by atoms with Crippen LogP contribution in [-0.4, -0.2) is 43.8 Å². The fourth-order valence-electron chi connectivity index (χ4n) is 5.70. The summed E-state index contributed by atoms with van der Waals surface area (Å²) in [6.07, 6.45) is 4.00. The van der Waals surface area contributed by atoms with E-state index in [4.69, 9.17) is 0 Å². The van der Waals surface area contributed by atoms with Gasteiger partial charge in [-0.3, -0.25) is 13.9 Å². The molecule has 1 aliphatic carbocycles. The largest absolute Gasteiger partial charge is 0.352 e. The average molecular weight is 628 g/mol. The van der Waals surface area contributed by atoms with E-state index in [0.29, 0.717) is 0 Å². The Labute approximate surface area is 264 Å². The van der Waals surface area contributed by atoms with Crippen LogP contribution in [0.5, 0.6) is 0 Å². The molecule has 0 heterocycles. The van der Waals surface area contributed by atoms with Gasteiger partial charge in [0, 0.05) is 19.0 Å². The number of benzene rings is 4. The van der Waals surface area contributed by atoms with Gasteiger partial charge in [-0.15, -0.1) is 0 Å². The van der Waals surface area contributed by atoms with E-state index in [2.05, 4.69) is 5.32 Å². The van der Waals surface area contributed by atoms with Crippen LogP contribution in [0.2, 0.25) is 0 Å². The molecule has 0 saturated heterocycles. The Bertz CT molecular complexity index is 1690. The van der Waals surface area contributed by atoms with Gasteiger partial charge in [0.1, 0.15) is 18.4 Å². The molecule has 0 radical (unpaired) electrons. The summed E-state index contributed by atoms with van der Waals surface area (Å²) in [5.74, 6) is -1.70. The van der Waals surface area contributed by atoms with Gasteiger partial charge in [0.15, 0.2) is 0 Å². The summed E-state index contributed by atoms with van der Waals surface area (Å²) in [7, 11) is -4.36. The first kappa shape index (κ1) is 31.9. The zero-order valence-corrected chi connectivity index (χ0v) is 26.1. The Morgan fingerprint density at radius 3 is 2.07 bits per heavy atom. The molecule has 9 heteroatoms. The molecule has 0 aliphatic heterocycles. The number of sulfonamides is 1. The van der Waals surface area contributed by atoms with E-state index in [9.17, 15) is 18.0 Å². The first-order valence-electron chi connectivity index (χ1n) is 15.2. The molecule has 1 atom stereocenters. The number of hydrogen-bond donors (Lipinski definition) is 1. The smallest absolute Gasteiger partial charge is 0.264 e. The highest BCUT2D eigenvalue weighted by Gasteiger charge is 2.36. The van der Waals surface area contributed by atoms with Crippen LogP contribution in [0.4, 0.5) is 10.1 Å². The second-order valence-electron chi connectivity index (χ2n) is 11.5. The van der Waals surface area contributed by atoms with E-state index in [-0.39, 0.29) is 35.5 Å². The van der Waals surface area contributed by atoms with Crippen molar-refractivity contribution in [2.45, 2.75) is 62.6 Å². The van der Waals surface area contributed by atoms with E-state index in [1.165, 1.54) is 35.2 Å². The highest BCUT2D eigenvalue weighted by Crippen LogP contribution is 2.27. The fourth-order valence-corrected chi connectivity index (χ4v) is 7.14. The van der Waals surface area contributed by atoms with Crippen molar-refractivity contribution in [3.05, 3.63) is 132 Å². The van der Waals surface area contributed by atoms with E-state index in [1.807, 2.05) is 61.5 Å². The second-order valence-corrected chi connectivity index (χ2v) is 13.3. The molecule has 234 valence electrons. The van der Waals surface area contributed by atoms with Crippen LogP contribution in [0.15, 0.2) is 114 Å². The fraction of sp³-hybridized carbons (Fsp3) is 0.278. The second kappa shape index (κ2) is 14.5. The summed E-state index contributed by atoms with van der Waals surface area (Å²) in [5, 5.41) is 3.15. The van der Waals surface area contributed by atoms with Crippen molar-refractivity contribution in [2.24, 2.45) is 0 Å². The molecule has 4 aromatic carbocycles. The predicted molar refractivity (Wildman–Crippen MR) is 173 cm³/mol. The molecule has 0 aromatic heterocycles. The van der Waals surface area contributed by atoms with Gasteiger partial charge in [0.25, 0.3) is 10.0 Å². The third kappa shape index (κ3) is 7.97. The van der Waals surface area contributed by atoms with Crippen LogP contribution < -0.4 is 9.62 Å². The number of carbonyl (C=O) groups excluding carboxylic acids is 2. The molecule has 1 saturated carbocycles. The Balaban J connectivity index is 1.56. The van der Waals surface area contributed by atoms with Crippen molar-refractivity contribution in [3.8, 4) is 0 Å². The maximum atomic E-state index is 15.2. The van der Waals surface area contributed by atoms with E-state index in [1.54, 1.807) is 18.2 Å². The average Bonchev–Trinajstić information content (AvgIpc) is 3.56. The Morgan fingerprint density at radius 2 is 1.42 bits per heavy atom. The number of nitrogens with one attached hydrogen (secondary N) is 1. The van der Waals surface area contributed by atoms with Gasteiger partial charge in [0.2, 0.25) is 11.8 Å². The molecule has 1 fully saturated rings. The van der Waals surface area contributed by atoms with E-state index < -0.39 is 34.3 Å². The number of nitrogens with zero attached hydrogens (tertiary/aromatic N) is 2. The van der Waals surface area contributed by atoms with Crippen LogP contribution in [0, 0.1) is 12.7 Å². The van der Waals surface area contributed by atoms with Crippen LogP contribution in [0.25, 0.3) is 0 Å². The number of amides is 2. The normalized spacial score (nSPS) is 14.1. The molecule has 1 aliphatic rings. The quantitative estimate of drug-likeness (QED) is 0.208. The predicted octanol–water partition coefficient (Wildman–Crippen LogP) is 6.03. The third-order valence-corrected chi connectivity index (χ3v) is 9.95. The zero-order valence-electron chi connectivity index (χ0n) is 25.3. The number of carbonyl (C=O) groups is 2. The molecule has 0 unspecified atom stereocenters. The molecule has 7 nitrogen and oxygen atoms in total. The number of hydrogen-bond acceptors (Lipinski definition) is 4. The number of para-hydroxylation sites is 1. The highest BCUT2D eigenvalue weighted by molar-refractivity contribution is 7.92. The maximum absolute atomic E-state index is 15.2. The summed E-state index contributed by atoms with van der Waals surface area (Å²) in [5.41, 5.74) is 2.42. The summed E-state index contributed by atoms with van der Waals surface area (Å²) < 4.78 is 44.0. The molecule has 4 aromatic rings. The van der Waals surface area contributed by atoms with Crippen molar-refractivity contribution in [1.29, 1.82) is 0 Å². The van der Waals surface area contributed by atoms with Gasteiger partial charge >= 0.3 is 0 Å². The summed E-state index contributed by atoms with van der Waals surface area (Å²) in [6, 6.07) is 29.2. The minimum Gasteiger partial charge on any atom is -0.352 e. The van der Waals surface area contributed by atoms with Gasteiger partial charge < -0.3 is 10.2 Å².